The summed E-state index contributed by atoms with van der Waals surface area (Å²) in [5.74, 6) is -0.254. The standard InChI is InChI=1S/C13H17FN2/c1-2-3-4-5-10-15-11-16-13-8-6-12(14)7-9-13/h6-9H,2-5,10H2,1H3. The number of hydrogen-bond donors (Lipinski definition) is 0. The van der Waals surface area contributed by atoms with E-state index >= 15 is 0 Å². The average molecular weight is 220 g/mol. The summed E-state index contributed by atoms with van der Waals surface area (Å²) in [7, 11) is 0. The number of nitrogens with zero attached hydrogens (tertiary/aromatic N) is 2. The van der Waals surface area contributed by atoms with E-state index in [4.69, 9.17) is 0 Å². The molecule has 0 N–H and O–H groups in total. The Hall–Kier alpha value is -1.47. The molecule has 0 spiro atoms. The smallest absolute Gasteiger partial charge is 0.123 e. The van der Waals surface area contributed by atoms with E-state index in [0.29, 0.717) is 5.69 Å². The molecule has 0 bridgehead atoms. The Morgan fingerprint density at radius 3 is 2.56 bits per heavy atom. The highest BCUT2D eigenvalue weighted by Gasteiger charge is 1.88. The van der Waals surface area contributed by atoms with Crippen molar-refractivity contribution in [2.45, 2.75) is 32.6 Å². The first-order valence-corrected chi connectivity index (χ1v) is 5.70. The zero-order valence-electron chi connectivity index (χ0n) is 9.62. The number of hydrogen-bond acceptors (Lipinski definition) is 2. The summed E-state index contributed by atoms with van der Waals surface area (Å²) in [6.45, 7) is 2.95. The van der Waals surface area contributed by atoms with Crippen molar-refractivity contribution in [3.8, 4) is 0 Å². The Labute approximate surface area is 95.9 Å². The first-order chi connectivity index (χ1) is 7.83. The number of rotatable bonds is 6. The molecule has 0 aliphatic rings. The topological polar surface area (TPSA) is 24.7 Å². The van der Waals surface area contributed by atoms with Gasteiger partial charge in [-0.25, -0.2) is 9.38 Å². The highest BCUT2D eigenvalue weighted by atomic mass is 19.1. The first kappa shape index (κ1) is 12.6. The van der Waals surface area contributed by atoms with Gasteiger partial charge >= 0.3 is 0 Å². The van der Waals surface area contributed by atoms with Gasteiger partial charge in [0.05, 0.1) is 11.7 Å². The minimum atomic E-state index is -0.254. The molecule has 0 saturated carbocycles. The fourth-order valence-corrected chi connectivity index (χ4v) is 1.28. The molecule has 0 saturated heterocycles. The molecule has 3 heteroatoms. The lowest BCUT2D eigenvalue weighted by Gasteiger charge is -1.92. The second-order valence-corrected chi connectivity index (χ2v) is 3.63. The molecule has 1 aromatic rings. The van der Waals surface area contributed by atoms with Crippen molar-refractivity contribution in [1.29, 1.82) is 0 Å². The van der Waals surface area contributed by atoms with Gasteiger partial charge in [-0.2, -0.15) is 4.99 Å². The summed E-state index contributed by atoms with van der Waals surface area (Å²) in [5.41, 5.74) is 0.679. The van der Waals surface area contributed by atoms with E-state index in [1.54, 1.807) is 12.1 Å². The van der Waals surface area contributed by atoms with Crippen LogP contribution < -0.4 is 0 Å². The Balaban J connectivity index is 2.30. The van der Waals surface area contributed by atoms with Crippen LogP contribution in [0.4, 0.5) is 10.1 Å². The molecule has 1 aromatic carbocycles. The van der Waals surface area contributed by atoms with Crippen molar-refractivity contribution in [2.24, 2.45) is 9.98 Å². The van der Waals surface area contributed by atoms with Crippen LogP contribution in [0.25, 0.3) is 0 Å². The highest BCUT2D eigenvalue weighted by molar-refractivity contribution is 5.51. The normalized spacial score (nSPS) is 9.62. The minimum absolute atomic E-state index is 0.254. The number of halogens is 1. The van der Waals surface area contributed by atoms with Crippen LogP contribution in [-0.4, -0.2) is 12.6 Å². The van der Waals surface area contributed by atoms with Crippen molar-refractivity contribution in [1.82, 2.24) is 0 Å². The van der Waals surface area contributed by atoms with E-state index in [1.165, 1.54) is 31.4 Å². The molecule has 0 aromatic heterocycles. The van der Waals surface area contributed by atoms with Crippen LogP contribution in [0.15, 0.2) is 34.3 Å². The van der Waals surface area contributed by atoms with Crippen molar-refractivity contribution in [3.63, 3.8) is 0 Å². The number of aliphatic imine (C=N–C) groups is 2. The molecule has 86 valence electrons. The van der Waals surface area contributed by atoms with Gasteiger partial charge in [-0.1, -0.05) is 26.2 Å². The van der Waals surface area contributed by atoms with Gasteiger partial charge < -0.3 is 0 Å². The molecule has 0 heterocycles. The molecule has 0 fully saturated rings. The predicted octanol–water partition coefficient (Wildman–Crippen LogP) is 4.21. The third-order valence-electron chi connectivity index (χ3n) is 2.20. The zero-order chi connectivity index (χ0) is 11.6. The van der Waals surface area contributed by atoms with Crippen LogP contribution >= 0.6 is 0 Å². The summed E-state index contributed by atoms with van der Waals surface area (Å²) in [6.07, 6.45) is 4.77. The molecule has 16 heavy (non-hydrogen) atoms. The molecular formula is C13H17FN2. The molecule has 1 rings (SSSR count). The van der Waals surface area contributed by atoms with Crippen LogP contribution in [-0.2, 0) is 0 Å². The van der Waals surface area contributed by atoms with Gasteiger partial charge in [0.25, 0.3) is 0 Å². The third kappa shape index (κ3) is 5.42. The van der Waals surface area contributed by atoms with Crippen molar-refractivity contribution < 1.29 is 4.39 Å². The van der Waals surface area contributed by atoms with Crippen LogP contribution in [0.3, 0.4) is 0 Å². The summed E-state index contributed by atoms with van der Waals surface area (Å²) < 4.78 is 12.6. The lowest BCUT2D eigenvalue weighted by molar-refractivity contribution is 0.628. The van der Waals surface area contributed by atoms with E-state index in [9.17, 15) is 4.39 Å². The van der Waals surface area contributed by atoms with Gasteiger partial charge in [0.1, 0.15) is 5.82 Å². The zero-order valence-corrected chi connectivity index (χ0v) is 9.62. The molecule has 2 nitrogen and oxygen atoms in total. The Morgan fingerprint density at radius 2 is 1.88 bits per heavy atom. The van der Waals surface area contributed by atoms with Gasteiger partial charge in [-0.3, -0.25) is 0 Å². The van der Waals surface area contributed by atoms with E-state index in [2.05, 4.69) is 22.9 Å². The molecule has 0 unspecified atom stereocenters. The van der Waals surface area contributed by atoms with Crippen molar-refractivity contribution >= 4 is 11.7 Å². The first-order valence-electron chi connectivity index (χ1n) is 5.70. The van der Waals surface area contributed by atoms with Crippen LogP contribution in [0.5, 0.6) is 0 Å². The molecule has 0 radical (unpaired) electrons. The minimum Gasteiger partial charge on any atom is -0.225 e. The van der Waals surface area contributed by atoms with E-state index in [0.717, 1.165) is 13.0 Å². The third-order valence-corrected chi connectivity index (χ3v) is 2.20. The van der Waals surface area contributed by atoms with Crippen LogP contribution in [0, 0.1) is 5.82 Å². The predicted molar refractivity (Wildman–Crippen MR) is 64.9 cm³/mol. The molecule has 0 amide bonds. The second kappa shape index (κ2) is 7.77. The van der Waals surface area contributed by atoms with Gasteiger partial charge in [0, 0.05) is 6.54 Å². The maximum Gasteiger partial charge on any atom is 0.123 e. The van der Waals surface area contributed by atoms with Crippen molar-refractivity contribution in [2.75, 3.05) is 6.54 Å². The van der Waals surface area contributed by atoms with Gasteiger partial charge in [-0.05, 0) is 30.7 Å². The summed E-state index contributed by atoms with van der Waals surface area (Å²) in [4.78, 5) is 8.03. The van der Waals surface area contributed by atoms with Crippen LogP contribution in [0.1, 0.15) is 32.6 Å². The largest absolute Gasteiger partial charge is 0.225 e. The molecule has 0 atom stereocenters. The maximum atomic E-state index is 12.6. The van der Waals surface area contributed by atoms with Gasteiger partial charge in [0.15, 0.2) is 0 Å². The maximum absolute atomic E-state index is 12.6. The lowest BCUT2D eigenvalue weighted by atomic mass is 10.2. The van der Waals surface area contributed by atoms with Crippen molar-refractivity contribution in [3.05, 3.63) is 30.1 Å². The highest BCUT2D eigenvalue weighted by Crippen LogP contribution is 2.10. The Bertz CT molecular complexity index is 351. The number of benzene rings is 1. The van der Waals surface area contributed by atoms with E-state index in [-0.39, 0.29) is 5.82 Å². The van der Waals surface area contributed by atoms with Gasteiger partial charge in [0.2, 0.25) is 0 Å². The quantitative estimate of drug-likeness (QED) is 0.506. The fraction of sp³-hybridized carbons (Fsp3) is 0.462. The monoisotopic (exact) mass is 220 g/mol. The molecule has 0 aliphatic carbocycles. The SMILES string of the molecule is CCCCCCN=C=Nc1ccc(F)cc1. The molecular weight excluding hydrogens is 203 g/mol. The second-order valence-electron chi connectivity index (χ2n) is 3.63. The van der Waals surface area contributed by atoms with Gasteiger partial charge in [-0.15, -0.1) is 0 Å². The fourth-order valence-electron chi connectivity index (χ4n) is 1.28. The van der Waals surface area contributed by atoms with Crippen LogP contribution in [0.2, 0.25) is 0 Å². The summed E-state index contributed by atoms with van der Waals surface area (Å²) >= 11 is 0. The summed E-state index contributed by atoms with van der Waals surface area (Å²) in [5, 5.41) is 0. The lowest BCUT2D eigenvalue weighted by Crippen LogP contribution is -1.80. The Morgan fingerprint density at radius 1 is 1.12 bits per heavy atom. The van der Waals surface area contributed by atoms with E-state index < -0.39 is 0 Å². The summed E-state index contributed by atoms with van der Waals surface area (Å²) in [6, 6.07) is 8.59. The molecule has 0 aliphatic heterocycles. The Kier molecular flexibility index (Phi) is 6.12. The average Bonchev–Trinajstić information content (AvgIpc) is 2.30. The number of unbranched alkanes of at least 4 members (excludes halogenated alkanes) is 3. The van der Waals surface area contributed by atoms with E-state index in [1.807, 2.05) is 0 Å².